The van der Waals surface area contributed by atoms with Crippen LogP contribution in [0.25, 0.3) is 11.1 Å². The quantitative estimate of drug-likeness (QED) is 0.605. The number of morpholine rings is 1. The summed E-state index contributed by atoms with van der Waals surface area (Å²) in [7, 11) is 0. The molecule has 1 aliphatic heterocycles. The van der Waals surface area contributed by atoms with Crippen LogP contribution < -0.4 is 0 Å². The molecule has 3 heterocycles. The van der Waals surface area contributed by atoms with Crippen molar-refractivity contribution in [2.24, 2.45) is 0 Å². The Kier molecular flexibility index (Phi) is 5.97. The van der Waals surface area contributed by atoms with Gasteiger partial charge in [0.1, 0.15) is 11.9 Å². The van der Waals surface area contributed by atoms with E-state index in [1.54, 1.807) is 18.3 Å². The van der Waals surface area contributed by atoms with E-state index in [2.05, 4.69) is 42.3 Å². The maximum atomic E-state index is 14.0. The van der Waals surface area contributed by atoms with Crippen molar-refractivity contribution in [3.05, 3.63) is 71.1 Å². The summed E-state index contributed by atoms with van der Waals surface area (Å²) in [5.74, 6) is -0.236. The zero-order valence-corrected chi connectivity index (χ0v) is 18.1. The predicted octanol–water partition coefficient (Wildman–Crippen LogP) is 4.86. The van der Waals surface area contributed by atoms with E-state index >= 15 is 0 Å². The fraction of sp³-hybridized carbons (Fsp3) is 0.417. The van der Waals surface area contributed by atoms with Gasteiger partial charge in [-0.3, -0.25) is 14.6 Å². The van der Waals surface area contributed by atoms with Crippen LogP contribution >= 0.6 is 0 Å². The van der Waals surface area contributed by atoms with E-state index in [1.165, 1.54) is 17.3 Å². The van der Waals surface area contributed by atoms with E-state index in [0.29, 0.717) is 18.2 Å². The molecule has 4 rings (SSSR count). The molecule has 0 radical (unpaired) electrons. The molecular formula is C24H29FN4O. The van der Waals surface area contributed by atoms with Gasteiger partial charge in [-0.05, 0) is 39.8 Å². The second-order valence-corrected chi connectivity index (χ2v) is 8.23. The van der Waals surface area contributed by atoms with Gasteiger partial charge in [0, 0.05) is 54.3 Å². The van der Waals surface area contributed by atoms with Gasteiger partial charge < -0.3 is 4.74 Å². The summed E-state index contributed by atoms with van der Waals surface area (Å²) in [6.07, 6.45) is 1.64. The highest BCUT2D eigenvalue weighted by atomic mass is 19.1. The van der Waals surface area contributed by atoms with Gasteiger partial charge in [-0.2, -0.15) is 5.10 Å². The highest BCUT2D eigenvalue weighted by molar-refractivity contribution is 5.63. The Morgan fingerprint density at radius 2 is 1.97 bits per heavy atom. The van der Waals surface area contributed by atoms with Gasteiger partial charge in [0.25, 0.3) is 0 Å². The van der Waals surface area contributed by atoms with Crippen LogP contribution in [0.1, 0.15) is 48.6 Å². The minimum absolute atomic E-state index is 0.0887. The molecule has 2 aromatic heterocycles. The molecular weight excluding hydrogens is 379 g/mol. The highest BCUT2D eigenvalue weighted by Crippen LogP contribution is 2.27. The van der Waals surface area contributed by atoms with Gasteiger partial charge in [0.2, 0.25) is 0 Å². The van der Waals surface area contributed by atoms with E-state index in [-0.39, 0.29) is 11.9 Å². The zero-order valence-electron chi connectivity index (χ0n) is 18.1. The molecule has 0 aliphatic carbocycles. The molecule has 0 saturated carbocycles. The standard InChI is InChI=1S/C24H29FN4O/c1-16(2)29-18(4)21(17(3)27-29)14-28-11-12-30-24(15-28)23-10-9-19(13-26-23)20-7-5-6-8-22(20)25/h5-10,13,16,24H,11-12,14-15H2,1-4H3/t24-/m1/s1. The van der Waals surface area contributed by atoms with Crippen molar-refractivity contribution in [3.8, 4) is 11.1 Å². The first-order chi connectivity index (χ1) is 14.4. The number of hydrogen-bond acceptors (Lipinski definition) is 4. The van der Waals surface area contributed by atoms with Crippen molar-refractivity contribution >= 4 is 0 Å². The zero-order chi connectivity index (χ0) is 21.3. The molecule has 6 heteroatoms. The first-order valence-electron chi connectivity index (χ1n) is 10.5. The lowest BCUT2D eigenvalue weighted by molar-refractivity contribution is -0.0351. The number of ether oxygens (including phenoxy) is 1. The second kappa shape index (κ2) is 8.66. The number of pyridine rings is 1. The summed E-state index contributed by atoms with van der Waals surface area (Å²) in [5.41, 5.74) is 5.85. The van der Waals surface area contributed by atoms with E-state index in [4.69, 9.17) is 9.84 Å². The molecule has 30 heavy (non-hydrogen) atoms. The third-order valence-corrected chi connectivity index (χ3v) is 5.80. The van der Waals surface area contributed by atoms with Crippen molar-refractivity contribution in [2.75, 3.05) is 19.7 Å². The Labute approximate surface area is 177 Å². The summed E-state index contributed by atoms with van der Waals surface area (Å²) >= 11 is 0. The number of nitrogens with zero attached hydrogens (tertiary/aromatic N) is 4. The lowest BCUT2D eigenvalue weighted by atomic mass is 10.1. The second-order valence-electron chi connectivity index (χ2n) is 8.23. The molecule has 3 aromatic rings. The predicted molar refractivity (Wildman–Crippen MR) is 116 cm³/mol. The normalized spacial score (nSPS) is 17.6. The van der Waals surface area contributed by atoms with Crippen molar-refractivity contribution in [2.45, 2.75) is 46.4 Å². The van der Waals surface area contributed by atoms with Crippen LogP contribution in [0.3, 0.4) is 0 Å². The van der Waals surface area contributed by atoms with Gasteiger partial charge in [-0.25, -0.2) is 4.39 Å². The summed E-state index contributed by atoms with van der Waals surface area (Å²) in [6, 6.07) is 11.0. The van der Waals surface area contributed by atoms with Crippen LogP contribution in [0.15, 0.2) is 42.6 Å². The molecule has 0 N–H and O–H groups in total. The van der Waals surface area contributed by atoms with Gasteiger partial charge in [-0.15, -0.1) is 0 Å². The lowest BCUT2D eigenvalue weighted by Gasteiger charge is -2.32. The first-order valence-corrected chi connectivity index (χ1v) is 10.5. The Bertz CT molecular complexity index is 1010. The van der Waals surface area contributed by atoms with Crippen LogP contribution in [0.2, 0.25) is 0 Å². The summed E-state index contributed by atoms with van der Waals surface area (Å²) in [4.78, 5) is 6.99. The Balaban J connectivity index is 1.48. The average Bonchev–Trinajstić information content (AvgIpc) is 3.03. The van der Waals surface area contributed by atoms with Crippen molar-refractivity contribution in [1.29, 1.82) is 0 Å². The molecule has 1 atom stereocenters. The van der Waals surface area contributed by atoms with Crippen LogP contribution in [0.5, 0.6) is 0 Å². The van der Waals surface area contributed by atoms with Crippen molar-refractivity contribution in [3.63, 3.8) is 0 Å². The maximum Gasteiger partial charge on any atom is 0.131 e. The van der Waals surface area contributed by atoms with E-state index in [9.17, 15) is 4.39 Å². The van der Waals surface area contributed by atoms with Gasteiger partial charge in [0.05, 0.1) is 18.0 Å². The number of hydrogen-bond donors (Lipinski definition) is 0. The van der Waals surface area contributed by atoms with Crippen LogP contribution in [0, 0.1) is 19.7 Å². The fourth-order valence-electron chi connectivity index (χ4n) is 4.13. The number of benzene rings is 1. The summed E-state index contributed by atoms with van der Waals surface area (Å²) in [5, 5.41) is 4.71. The topological polar surface area (TPSA) is 43.2 Å². The third kappa shape index (κ3) is 4.16. The third-order valence-electron chi connectivity index (χ3n) is 5.80. The molecule has 5 nitrogen and oxygen atoms in total. The molecule has 0 unspecified atom stereocenters. The van der Waals surface area contributed by atoms with E-state index in [0.717, 1.165) is 36.6 Å². The fourth-order valence-corrected chi connectivity index (χ4v) is 4.13. The molecule has 1 saturated heterocycles. The highest BCUT2D eigenvalue weighted by Gasteiger charge is 2.25. The van der Waals surface area contributed by atoms with Gasteiger partial charge in [0.15, 0.2) is 0 Å². The Morgan fingerprint density at radius 3 is 2.63 bits per heavy atom. The minimum Gasteiger partial charge on any atom is -0.369 e. The molecule has 1 aromatic carbocycles. The van der Waals surface area contributed by atoms with E-state index < -0.39 is 0 Å². The first kappa shape index (κ1) is 20.7. The Hall–Kier alpha value is -2.57. The van der Waals surface area contributed by atoms with E-state index in [1.807, 2.05) is 18.2 Å². The number of aryl methyl sites for hydroxylation is 1. The molecule has 1 aliphatic rings. The molecule has 0 spiro atoms. The molecule has 0 amide bonds. The monoisotopic (exact) mass is 408 g/mol. The Morgan fingerprint density at radius 1 is 1.17 bits per heavy atom. The SMILES string of the molecule is Cc1nn(C(C)C)c(C)c1CN1CCO[C@@H](c2ccc(-c3ccccc3F)cn2)C1. The van der Waals surface area contributed by atoms with Gasteiger partial charge in [-0.1, -0.05) is 24.3 Å². The summed E-state index contributed by atoms with van der Waals surface area (Å²) in [6.45, 7) is 11.7. The van der Waals surface area contributed by atoms with Crippen LogP contribution in [0.4, 0.5) is 4.39 Å². The van der Waals surface area contributed by atoms with Crippen molar-refractivity contribution in [1.82, 2.24) is 19.7 Å². The van der Waals surface area contributed by atoms with Crippen LogP contribution in [-0.4, -0.2) is 39.4 Å². The lowest BCUT2D eigenvalue weighted by Crippen LogP contribution is -2.38. The minimum atomic E-state index is -0.236. The van der Waals surface area contributed by atoms with Crippen molar-refractivity contribution < 1.29 is 9.13 Å². The van der Waals surface area contributed by atoms with Gasteiger partial charge >= 0.3 is 0 Å². The van der Waals surface area contributed by atoms with Crippen LogP contribution in [-0.2, 0) is 11.3 Å². The maximum absolute atomic E-state index is 14.0. The number of aromatic nitrogens is 3. The summed E-state index contributed by atoms with van der Waals surface area (Å²) < 4.78 is 22.1. The molecule has 1 fully saturated rings. The average molecular weight is 409 g/mol. The molecule has 0 bridgehead atoms. The smallest absolute Gasteiger partial charge is 0.131 e. The number of halogens is 1. The largest absolute Gasteiger partial charge is 0.369 e. The number of rotatable bonds is 5. The molecule has 158 valence electrons.